The van der Waals surface area contributed by atoms with Crippen LogP contribution in [-0.4, -0.2) is 50.9 Å². The summed E-state index contributed by atoms with van der Waals surface area (Å²) in [4.78, 5) is 29.7. The summed E-state index contributed by atoms with van der Waals surface area (Å²) >= 11 is 6.30. The van der Waals surface area contributed by atoms with Gasteiger partial charge in [-0.3, -0.25) is 13.9 Å². The van der Waals surface area contributed by atoms with Gasteiger partial charge < -0.3 is 15.0 Å². The molecule has 4 aromatic carbocycles. The topological polar surface area (TPSA) is 96.0 Å². The van der Waals surface area contributed by atoms with Crippen molar-refractivity contribution in [3.05, 3.63) is 125 Å². The van der Waals surface area contributed by atoms with Gasteiger partial charge in [0.25, 0.3) is 10.0 Å². The first kappa shape index (κ1) is 33.6. The van der Waals surface area contributed by atoms with Crippen LogP contribution < -0.4 is 14.4 Å². The SMILES string of the molecule is CCCNC(=O)[C@H](Cc1ccccc1)N(Cc1cccc(Cl)c1)C(=O)CN(c1ccccc1OCC)S(=O)(=O)c1ccccc1. The van der Waals surface area contributed by atoms with Crippen LogP contribution in [0.3, 0.4) is 0 Å². The summed E-state index contributed by atoms with van der Waals surface area (Å²) < 4.78 is 35.2. The number of rotatable bonds is 15. The maximum atomic E-state index is 14.5. The van der Waals surface area contributed by atoms with Gasteiger partial charge in [-0.2, -0.15) is 0 Å². The zero-order chi connectivity index (χ0) is 32.2. The molecule has 0 heterocycles. The number of nitrogens with one attached hydrogen (secondary N) is 1. The minimum atomic E-state index is -4.24. The van der Waals surface area contributed by atoms with Crippen LogP contribution in [0.5, 0.6) is 5.75 Å². The predicted molar refractivity (Wildman–Crippen MR) is 178 cm³/mol. The smallest absolute Gasteiger partial charge is 0.264 e. The van der Waals surface area contributed by atoms with E-state index < -0.39 is 28.5 Å². The van der Waals surface area contributed by atoms with Gasteiger partial charge in [0.2, 0.25) is 11.8 Å². The highest BCUT2D eigenvalue weighted by molar-refractivity contribution is 7.92. The van der Waals surface area contributed by atoms with Crippen molar-refractivity contribution in [1.29, 1.82) is 0 Å². The lowest BCUT2D eigenvalue weighted by atomic mass is 10.0. The van der Waals surface area contributed by atoms with Crippen molar-refractivity contribution >= 4 is 39.1 Å². The summed E-state index contributed by atoms with van der Waals surface area (Å²) in [5.74, 6) is -0.577. The third-order valence-corrected chi connectivity index (χ3v) is 9.12. The minimum absolute atomic E-state index is 0.0204. The van der Waals surface area contributed by atoms with Gasteiger partial charge in [0.1, 0.15) is 18.3 Å². The maximum absolute atomic E-state index is 14.5. The van der Waals surface area contributed by atoms with Crippen molar-refractivity contribution < 1.29 is 22.7 Å². The number of nitrogens with zero attached hydrogens (tertiary/aromatic N) is 2. The molecular formula is C35H38ClN3O5S. The third kappa shape index (κ3) is 8.86. The summed E-state index contributed by atoms with van der Waals surface area (Å²) in [6.07, 6.45) is 0.938. The molecule has 0 spiro atoms. The normalized spacial score (nSPS) is 11.8. The van der Waals surface area contributed by atoms with Crippen LogP contribution in [0.2, 0.25) is 5.02 Å². The van der Waals surface area contributed by atoms with E-state index in [1.165, 1.54) is 17.0 Å². The Morgan fingerprint density at radius 3 is 2.16 bits per heavy atom. The van der Waals surface area contributed by atoms with Crippen LogP contribution in [-0.2, 0) is 32.6 Å². The zero-order valence-electron chi connectivity index (χ0n) is 25.4. The third-order valence-electron chi connectivity index (χ3n) is 7.11. The van der Waals surface area contributed by atoms with E-state index >= 15 is 0 Å². The number of halogens is 1. The molecule has 0 saturated heterocycles. The molecule has 45 heavy (non-hydrogen) atoms. The highest BCUT2D eigenvalue weighted by atomic mass is 35.5. The van der Waals surface area contributed by atoms with E-state index in [4.69, 9.17) is 16.3 Å². The Labute approximate surface area is 270 Å². The van der Waals surface area contributed by atoms with Crippen molar-refractivity contribution in [1.82, 2.24) is 10.2 Å². The first-order valence-corrected chi connectivity index (χ1v) is 16.7. The quantitative estimate of drug-likeness (QED) is 0.168. The van der Waals surface area contributed by atoms with Crippen molar-refractivity contribution in [2.75, 3.05) is 24.0 Å². The van der Waals surface area contributed by atoms with Gasteiger partial charge in [0.05, 0.1) is 17.2 Å². The molecule has 236 valence electrons. The molecule has 0 fully saturated rings. The maximum Gasteiger partial charge on any atom is 0.264 e. The molecule has 4 rings (SSSR count). The van der Waals surface area contributed by atoms with E-state index in [1.807, 2.05) is 43.3 Å². The summed E-state index contributed by atoms with van der Waals surface area (Å²) in [7, 11) is -4.24. The van der Waals surface area contributed by atoms with Crippen molar-refractivity contribution in [3.8, 4) is 5.75 Å². The van der Waals surface area contributed by atoms with E-state index in [2.05, 4.69) is 5.32 Å². The molecular weight excluding hydrogens is 610 g/mol. The molecule has 4 aromatic rings. The number of ether oxygens (including phenoxy) is 1. The molecule has 8 nitrogen and oxygen atoms in total. The summed E-state index contributed by atoms with van der Waals surface area (Å²) in [6, 6.07) is 30.2. The van der Waals surface area contributed by atoms with Crippen LogP contribution in [0, 0.1) is 0 Å². The fraction of sp³-hybridized carbons (Fsp3) is 0.257. The second-order valence-corrected chi connectivity index (χ2v) is 12.7. The van der Waals surface area contributed by atoms with Gasteiger partial charge >= 0.3 is 0 Å². The lowest BCUT2D eigenvalue weighted by molar-refractivity contribution is -0.140. The Morgan fingerprint density at radius 2 is 1.49 bits per heavy atom. The van der Waals surface area contributed by atoms with Crippen LogP contribution >= 0.6 is 11.6 Å². The van der Waals surface area contributed by atoms with Crippen molar-refractivity contribution in [2.24, 2.45) is 0 Å². The molecule has 0 aliphatic heterocycles. The standard InChI is InChI=1S/C35H38ClN3O5S/c1-3-22-37-35(41)32(24-27-14-7-5-8-15-27)38(25-28-16-13-17-29(36)23-28)34(40)26-39(31-20-11-12-21-33(31)44-4-2)45(42,43)30-18-9-6-10-19-30/h5-21,23,32H,3-4,22,24-26H2,1-2H3,(H,37,41)/t32-/m0/s1. The zero-order valence-corrected chi connectivity index (χ0v) is 27.0. The highest BCUT2D eigenvalue weighted by Crippen LogP contribution is 2.33. The van der Waals surface area contributed by atoms with Gasteiger partial charge in [-0.25, -0.2) is 8.42 Å². The Hall–Kier alpha value is -4.34. The number of carbonyl (C=O) groups excluding carboxylic acids is 2. The van der Waals surface area contributed by atoms with Crippen LogP contribution in [0.25, 0.3) is 0 Å². The van der Waals surface area contributed by atoms with Crippen LogP contribution in [0.1, 0.15) is 31.4 Å². The first-order valence-electron chi connectivity index (χ1n) is 14.9. The van der Waals surface area contributed by atoms with Crippen LogP contribution in [0.4, 0.5) is 5.69 Å². The molecule has 0 unspecified atom stereocenters. The fourth-order valence-electron chi connectivity index (χ4n) is 4.93. The molecule has 1 N–H and O–H groups in total. The summed E-state index contributed by atoms with van der Waals surface area (Å²) in [5.41, 5.74) is 1.77. The summed E-state index contributed by atoms with van der Waals surface area (Å²) in [6.45, 7) is 3.93. The Balaban J connectivity index is 1.82. The van der Waals surface area contributed by atoms with E-state index in [-0.39, 0.29) is 29.5 Å². The van der Waals surface area contributed by atoms with Gasteiger partial charge in [-0.05, 0) is 60.9 Å². The lowest BCUT2D eigenvalue weighted by Gasteiger charge is -2.34. The first-order chi connectivity index (χ1) is 21.7. The molecule has 0 bridgehead atoms. The number of hydrogen-bond acceptors (Lipinski definition) is 5. The Bertz CT molecular complexity index is 1670. The molecule has 0 radical (unpaired) electrons. The van der Waals surface area contributed by atoms with Gasteiger partial charge in [0.15, 0.2) is 0 Å². The largest absolute Gasteiger partial charge is 0.492 e. The number of sulfonamides is 1. The molecule has 0 saturated carbocycles. The highest BCUT2D eigenvalue weighted by Gasteiger charge is 2.35. The van der Waals surface area contributed by atoms with Crippen molar-refractivity contribution in [3.63, 3.8) is 0 Å². The summed E-state index contributed by atoms with van der Waals surface area (Å²) in [5, 5.41) is 3.42. The number of anilines is 1. The lowest BCUT2D eigenvalue weighted by Crippen LogP contribution is -2.53. The molecule has 0 aliphatic carbocycles. The number of benzene rings is 4. The Kier molecular flexibility index (Phi) is 12.0. The average Bonchev–Trinajstić information content (AvgIpc) is 3.05. The molecule has 0 aliphatic rings. The predicted octanol–water partition coefficient (Wildman–Crippen LogP) is 6.10. The number of para-hydroxylation sites is 2. The molecule has 2 amide bonds. The Morgan fingerprint density at radius 1 is 0.844 bits per heavy atom. The molecule has 10 heteroatoms. The van der Waals surface area contributed by atoms with E-state index in [1.54, 1.807) is 67.6 Å². The monoisotopic (exact) mass is 647 g/mol. The second-order valence-electron chi connectivity index (χ2n) is 10.4. The second kappa shape index (κ2) is 16.1. The molecule has 0 aromatic heterocycles. The minimum Gasteiger partial charge on any atom is -0.492 e. The van der Waals surface area contributed by atoms with Crippen LogP contribution in [0.15, 0.2) is 114 Å². The van der Waals surface area contributed by atoms with Crippen molar-refractivity contribution in [2.45, 2.75) is 44.2 Å². The average molecular weight is 648 g/mol. The van der Waals surface area contributed by atoms with Gasteiger partial charge in [-0.1, -0.05) is 91.3 Å². The van der Waals surface area contributed by atoms with E-state index in [0.29, 0.717) is 35.9 Å². The van der Waals surface area contributed by atoms with E-state index in [0.717, 1.165) is 9.87 Å². The van der Waals surface area contributed by atoms with Gasteiger partial charge in [0, 0.05) is 24.5 Å². The number of amides is 2. The van der Waals surface area contributed by atoms with E-state index in [9.17, 15) is 18.0 Å². The van der Waals surface area contributed by atoms with Gasteiger partial charge in [-0.15, -0.1) is 0 Å². The fourth-order valence-corrected chi connectivity index (χ4v) is 6.58. The number of hydrogen-bond donors (Lipinski definition) is 1. The number of carbonyl (C=O) groups is 2. The molecule has 1 atom stereocenters.